The van der Waals surface area contributed by atoms with E-state index in [2.05, 4.69) is 18.1 Å². The Hall–Kier alpha value is 0.270. The Kier molecular flexibility index (Phi) is 7.52. The lowest BCUT2D eigenvalue weighted by molar-refractivity contribution is 0.0514. The Bertz CT molecular complexity index is 37.4. The van der Waals surface area contributed by atoms with Gasteiger partial charge in [-0.2, -0.15) is 12.6 Å². The molecule has 0 radical (unpaired) electrons. The lowest BCUT2D eigenvalue weighted by atomic mass is 10.5. The molecule has 0 amide bonds. The van der Waals surface area contributed by atoms with Crippen molar-refractivity contribution in [2.24, 2.45) is 0 Å². The van der Waals surface area contributed by atoms with E-state index in [0.29, 0.717) is 0 Å². The minimum absolute atomic E-state index is 0.729. The van der Waals surface area contributed by atoms with E-state index in [1.807, 2.05) is 6.92 Å². The Morgan fingerprint density at radius 1 is 1.62 bits per heavy atom. The minimum atomic E-state index is 0.729. The van der Waals surface area contributed by atoms with Crippen LogP contribution in [-0.2, 0) is 4.84 Å². The minimum Gasteiger partial charge on any atom is -0.302 e. The molecule has 50 valence electrons. The first-order valence-corrected chi connectivity index (χ1v) is 3.50. The first kappa shape index (κ1) is 8.27. The van der Waals surface area contributed by atoms with Crippen LogP contribution < -0.4 is 5.48 Å². The van der Waals surface area contributed by atoms with Gasteiger partial charge in [-0.05, 0) is 19.1 Å². The van der Waals surface area contributed by atoms with E-state index in [4.69, 9.17) is 4.84 Å². The molecule has 8 heavy (non-hydrogen) atoms. The smallest absolute Gasteiger partial charge is 0.0653 e. The molecule has 0 unspecified atom stereocenters. The largest absolute Gasteiger partial charge is 0.302 e. The van der Waals surface area contributed by atoms with E-state index < -0.39 is 0 Å². The number of hydrogen-bond acceptors (Lipinski definition) is 3. The van der Waals surface area contributed by atoms with Crippen LogP contribution in [0.4, 0.5) is 0 Å². The lowest BCUT2D eigenvalue weighted by Crippen LogP contribution is -2.15. The highest BCUT2D eigenvalue weighted by molar-refractivity contribution is 7.80. The normalized spacial score (nSPS) is 9.75. The molecule has 0 bridgehead atoms. The molecule has 0 rings (SSSR count). The van der Waals surface area contributed by atoms with E-state index in [1.165, 1.54) is 0 Å². The summed E-state index contributed by atoms with van der Waals surface area (Å²) < 4.78 is 0. The number of hydrogen-bond donors (Lipinski definition) is 2. The van der Waals surface area contributed by atoms with Gasteiger partial charge < -0.3 is 4.84 Å². The number of rotatable bonds is 5. The van der Waals surface area contributed by atoms with Crippen LogP contribution in [0.15, 0.2) is 0 Å². The predicted molar refractivity (Wildman–Crippen MR) is 38.1 cm³/mol. The molecule has 0 saturated heterocycles. The van der Waals surface area contributed by atoms with Gasteiger partial charge >= 0.3 is 0 Å². The third kappa shape index (κ3) is 6.27. The summed E-state index contributed by atoms with van der Waals surface area (Å²) in [6, 6.07) is 0. The molecule has 0 aromatic rings. The second-order valence-electron chi connectivity index (χ2n) is 1.40. The summed E-state index contributed by atoms with van der Waals surface area (Å²) in [7, 11) is 0. The quantitative estimate of drug-likeness (QED) is 0.331. The van der Waals surface area contributed by atoms with E-state index in [0.717, 1.165) is 25.3 Å². The number of thiol groups is 1. The summed E-state index contributed by atoms with van der Waals surface area (Å²) in [6.07, 6.45) is 1.06. The van der Waals surface area contributed by atoms with Gasteiger partial charge in [-0.15, -0.1) is 0 Å². The summed E-state index contributed by atoms with van der Waals surface area (Å²) in [5.41, 5.74) is 2.79. The predicted octanol–water partition coefficient (Wildman–Crippen LogP) is 0.847. The van der Waals surface area contributed by atoms with Crippen LogP contribution in [0.1, 0.15) is 13.3 Å². The Balaban J connectivity index is 2.53. The first-order valence-electron chi connectivity index (χ1n) is 2.87. The topological polar surface area (TPSA) is 21.3 Å². The average molecular weight is 135 g/mol. The van der Waals surface area contributed by atoms with Crippen molar-refractivity contribution < 1.29 is 4.84 Å². The SMILES string of the molecule is CCONCCCS. The molecule has 0 heterocycles. The zero-order valence-electron chi connectivity index (χ0n) is 5.18. The third-order valence-electron chi connectivity index (χ3n) is 0.683. The van der Waals surface area contributed by atoms with Crippen molar-refractivity contribution >= 4 is 12.6 Å². The van der Waals surface area contributed by atoms with Crippen LogP contribution in [0, 0.1) is 0 Å². The summed E-state index contributed by atoms with van der Waals surface area (Å²) in [5, 5.41) is 0. The van der Waals surface area contributed by atoms with Crippen LogP contribution in [0.3, 0.4) is 0 Å². The molecular formula is C5H13NOS. The fraction of sp³-hybridized carbons (Fsp3) is 1.00. The number of nitrogens with one attached hydrogen (secondary N) is 1. The summed E-state index contributed by atoms with van der Waals surface area (Å²) in [6.45, 7) is 3.58. The van der Waals surface area contributed by atoms with Crippen LogP contribution in [-0.4, -0.2) is 18.9 Å². The fourth-order valence-corrected chi connectivity index (χ4v) is 0.484. The fourth-order valence-electron chi connectivity index (χ4n) is 0.325. The highest BCUT2D eigenvalue weighted by Crippen LogP contribution is 1.79. The van der Waals surface area contributed by atoms with Crippen molar-refractivity contribution in [3.8, 4) is 0 Å². The van der Waals surface area contributed by atoms with Crippen molar-refractivity contribution in [3.05, 3.63) is 0 Å². The van der Waals surface area contributed by atoms with Gasteiger partial charge in [0.2, 0.25) is 0 Å². The van der Waals surface area contributed by atoms with Gasteiger partial charge in [0.15, 0.2) is 0 Å². The second-order valence-corrected chi connectivity index (χ2v) is 1.85. The monoisotopic (exact) mass is 135 g/mol. The van der Waals surface area contributed by atoms with Gasteiger partial charge in [-0.3, -0.25) is 0 Å². The van der Waals surface area contributed by atoms with Gasteiger partial charge in [-0.1, -0.05) is 0 Å². The molecule has 3 heteroatoms. The molecule has 0 saturated carbocycles. The molecule has 2 nitrogen and oxygen atoms in total. The van der Waals surface area contributed by atoms with Crippen molar-refractivity contribution in [2.45, 2.75) is 13.3 Å². The van der Waals surface area contributed by atoms with Crippen molar-refractivity contribution in [1.29, 1.82) is 0 Å². The summed E-state index contributed by atoms with van der Waals surface area (Å²) in [5.74, 6) is 0.917. The summed E-state index contributed by atoms with van der Waals surface area (Å²) >= 11 is 4.03. The van der Waals surface area contributed by atoms with Crippen LogP contribution in [0.2, 0.25) is 0 Å². The van der Waals surface area contributed by atoms with Crippen LogP contribution >= 0.6 is 12.6 Å². The maximum Gasteiger partial charge on any atom is 0.0653 e. The zero-order chi connectivity index (χ0) is 6.24. The molecule has 0 aliphatic carbocycles. The lowest BCUT2D eigenvalue weighted by Gasteiger charge is -1.99. The Morgan fingerprint density at radius 2 is 2.38 bits per heavy atom. The Labute approximate surface area is 56.0 Å². The van der Waals surface area contributed by atoms with E-state index in [9.17, 15) is 0 Å². The molecule has 0 aromatic heterocycles. The van der Waals surface area contributed by atoms with Gasteiger partial charge in [0.05, 0.1) is 6.61 Å². The zero-order valence-corrected chi connectivity index (χ0v) is 6.08. The maximum atomic E-state index is 4.85. The highest BCUT2D eigenvalue weighted by Gasteiger charge is 1.80. The van der Waals surface area contributed by atoms with Crippen molar-refractivity contribution in [1.82, 2.24) is 5.48 Å². The summed E-state index contributed by atoms with van der Waals surface area (Å²) in [4.78, 5) is 4.85. The van der Waals surface area contributed by atoms with Crippen molar-refractivity contribution in [3.63, 3.8) is 0 Å². The molecule has 0 aromatic carbocycles. The van der Waals surface area contributed by atoms with Crippen LogP contribution in [0.25, 0.3) is 0 Å². The van der Waals surface area contributed by atoms with E-state index in [-0.39, 0.29) is 0 Å². The molecule has 0 atom stereocenters. The third-order valence-corrected chi connectivity index (χ3v) is 1.000. The van der Waals surface area contributed by atoms with Crippen molar-refractivity contribution in [2.75, 3.05) is 18.9 Å². The van der Waals surface area contributed by atoms with E-state index >= 15 is 0 Å². The van der Waals surface area contributed by atoms with Gasteiger partial charge in [0, 0.05) is 6.54 Å². The second kappa shape index (κ2) is 7.27. The van der Waals surface area contributed by atoms with Gasteiger partial charge in [0.1, 0.15) is 0 Å². The molecule has 1 N–H and O–H groups in total. The van der Waals surface area contributed by atoms with Gasteiger partial charge in [0.25, 0.3) is 0 Å². The molecular weight excluding hydrogens is 122 g/mol. The molecule has 0 aliphatic heterocycles. The van der Waals surface area contributed by atoms with Crippen LogP contribution in [0.5, 0.6) is 0 Å². The standard InChI is InChI=1S/C5H13NOS/c1-2-7-6-4-3-5-8/h6,8H,2-5H2,1H3. The van der Waals surface area contributed by atoms with Gasteiger partial charge in [-0.25, -0.2) is 5.48 Å². The maximum absolute atomic E-state index is 4.85. The first-order chi connectivity index (χ1) is 3.91. The molecule has 0 aliphatic rings. The Morgan fingerprint density at radius 3 is 2.88 bits per heavy atom. The number of hydroxylamine groups is 1. The molecule has 0 spiro atoms. The highest BCUT2D eigenvalue weighted by atomic mass is 32.1. The van der Waals surface area contributed by atoms with E-state index in [1.54, 1.807) is 0 Å². The average Bonchev–Trinajstić information content (AvgIpc) is 1.81. The molecule has 0 fully saturated rings.